The number of allylic oxidation sites excluding steroid dienone is 1. The van der Waals surface area contributed by atoms with Gasteiger partial charge in [0.25, 0.3) is 0 Å². The summed E-state index contributed by atoms with van der Waals surface area (Å²) in [6.07, 6.45) is 11.3. The summed E-state index contributed by atoms with van der Waals surface area (Å²) < 4.78 is 7.45. The normalized spacial score (nSPS) is 18.2. The van der Waals surface area contributed by atoms with Gasteiger partial charge in [-0.2, -0.15) is 5.10 Å². The summed E-state index contributed by atoms with van der Waals surface area (Å²) in [4.78, 5) is 17.1. The second-order valence-corrected chi connectivity index (χ2v) is 10.3. The number of hydrogen-bond acceptors (Lipinski definition) is 5. The molecule has 7 heteroatoms. The van der Waals surface area contributed by atoms with Crippen molar-refractivity contribution < 1.29 is 9.53 Å². The van der Waals surface area contributed by atoms with Gasteiger partial charge in [-0.3, -0.25) is 9.48 Å². The Hall–Kier alpha value is -1.99. The molecular weight excluding hydrogens is 396 g/mol. The molecule has 1 aliphatic heterocycles. The first kappa shape index (κ1) is 21.2. The molecule has 4 rings (SSSR count). The molecule has 0 unspecified atom stereocenters. The van der Waals surface area contributed by atoms with Crippen LogP contribution in [0.5, 0.6) is 0 Å². The molecule has 1 N–H and O–H groups in total. The van der Waals surface area contributed by atoms with Crippen molar-refractivity contribution in [3.8, 4) is 10.6 Å². The highest BCUT2D eigenvalue weighted by Gasteiger charge is 2.24. The van der Waals surface area contributed by atoms with E-state index in [0.717, 1.165) is 54.6 Å². The van der Waals surface area contributed by atoms with Crippen molar-refractivity contribution in [3.05, 3.63) is 29.0 Å². The van der Waals surface area contributed by atoms with Crippen molar-refractivity contribution in [2.45, 2.75) is 58.4 Å². The minimum atomic E-state index is -0.106. The first-order valence-corrected chi connectivity index (χ1v) is 11.8. The number of amides is 1. The van der Waals surface area contributed by atoms with E-state index in [9.17, 15) is 4.79 Å². The third-order valence-corrected chi connectivity index (χ3v) is 6.57. The van der Waals surface area contributed by atoms with Gasteiger partial charge in [0.05, 0.1) is 35.1 Å². The number of thiazole rings is 1. The zero-order valence-electron chi connectivity index (χ0n) is 18.2. The minimum Gasteiger partial charge on any atom is -0.381 e. The van der Waals surface area contributed by atoms with Crippen LogP contribution in [0.1, 0.15) is 57.8 Å². The molecule has 1 aliphatic carbocycles. The van der Waals surface area contributed by atoms with E-state index in [-0.39, 0.29) is 11.4 Å². The van der Waals surface area contributed by atoms with Gasteiger partial charge in [0, 0.05) is 25.1 Å². The van der Waals surface area contributed by atoms with E-state index < -0.39 is 0 Å². The van der Waals surface area contributed by atoms with Crippen molar-refractivity contribution in [2.24, 2.45) is 11.8 Å². The van der Waals surface area contributed by atoms with Gasteiger partial charge in [-0.15, -0.1) is 11.3 Å². The van der Waals surface area contributed by atoms with Gasteiger partial charge < -0.3 is 10.1 Å². The van der Waals surface area contributed by atoms with Gasteiger partial charge >= 0.3 is 0 Å². The maximum atomic E-state index is 12.4. The third kappa shape index (κ3) is 5.38. The van der Waals surface area contributed by atoms with E-state index >= 15 is 0 Å². The highest BCUT2D eigenvalue weighted by Crippen LogP contribution is 2.34. The summed E-state index contributed by atoms with van der Waals surface area (Å²) in [7, 11) is 0. The average molecular weight is 429 g/mol. The maximum Gasteiger partial charge on any atom is 0.226 e. The number of rotatable bonds is 7. The van der Waals surface area contributed by atoms with Gasteiger partial charge in [-0.1, -0.05) is 6.08 Å². The molecular formula is C23H32N4O2S. The van der Waals surface area contributed by atoms with E-state index in [1.807, 2.05) is 11.6 Å². The molecule has 6 nitrogen and oxygen atoms in total. The van der Waals surface area contributed by atoms with Crippen LogP contribution in [0.15, 0.2) is 17.7 Å². The molecule has 1 saturated heterocycles. The molecule has 162 valence electrons. The Kier molecular flexibility index (Phi) is 6.39. The predicted octanol–water partition coefficient (Wildman–Crippen LogP) is 4.27. The molecule has 1 amide bonds. The summed E-state index contributed by atoms with van der Waals surface area (Å²) in [5.74, 6) is 1.27. The van der Waals surface area contributed by atoms with Gasteiger partial charge in [-0.25, -0.2) is 4.98 Å². The summed E-state index contributed by atoms with van der Waals surface area (Å²) in [6.45, 7) is 8.82. The van der Waals surface area contributed by atoms with E-state index in [1.165, 1.54) is 12.8 Å². The second kappa shape index (κ2) is 9.02. The molecule has 0 spiro atoms. The highest BCUT2D eigenvalue weighted by atomic mass is 32.1. The molecule has 3 heterocycles. The monoisotopic (exact) mass is 428 g/mol. The predicted molar refractivity (Wildman–Crippen MR) is 120 cm³/mol. The van der Waals surface area contributed by atoms with Crippen LogP contribution < -0.4 is 5.32 Å². The lowest BCUT2D eigenvalue weighted by Gasteiger charge is -2.22. The summed E-state index contributed by atoms with van der Waals surface area (Å²) in [5.41, 5.74) is 2.85. The van der Waals surface area contributed by atoms with E-state index in [0.29, 0.717) is 18.3 Å². The number of nitrogens with one attached hydrogen (secondary N) is 1. The van der Waals surface area contributed by atoms with Crippen molar-refractivity contribution in [2.75, 3.05) is 19.8 Å². The third-order valence-electron chi connectivity index (χ3n) is 5.64. The van der Waals surface area contributed by atoms with Crippen LogP contribution in [-0.2, 0) is 21.5 Å². The quantitative estimate of drug-likeness (QED) is 0.715. The minimum absolute atomic E-state index is 0.0394. The Labute approximate surface area is 182 Å². The van der Waals surface area contributed by atoms with E-state index in [4.69, 9.17) is 9.72 Å². The van der Waals surface area contributed by atoms with Crippen molar-refractivity contribution in [1.29, 1.82) is 0 Å². The standard InChI is InChI=1S/C23H32N4O2S/c1-23(2,3)27-20(7-6-16-4-5-16)19(14-25-27)22-26-18(15-30-22)12-21(28)24-13-17-8-10-29-11-9-17/h6-7,14-17H,4-5,8-13H2,1-3H3,(H,24,28)/b7-6+. The van der Waals surface area contributed by atoms with Gasteiger partial charge in [0.15, 0.2) is 0 Å². The molecule has 2 aromatic rings. The van der Waals surface area contributed by atoms with Crippen LogP contribution in [0.4, 0.5) is 0 Å². The molecule has 2 fully saturated rings. The summed E-state index contributed by atoms with van der Waals surface area (Å²) in [6, 6.07) is 0. The number of carbonyl (C=O) groups is 1. The lowest BCUT2D eigenvalue weighted by Crippen LogP contribution is -2.33. The van der Waals surface area contributed by atoms with Crippen molar-refractivity contribution in [1.82, 2.24) is 20.1 Å². The molecule has 2 aliphatic rings. The Bertz CT molecular complexity index is 899. The van der Waals surface area contributed by atoms with Gasteiger partial charge in [0.1, 0.15) is 5.01 Å². The number of ether oxygens (including phenoxy) is 1. The van der Waals surface area contributed by atoms with Crippen LogP contribution in [0.2, 0.25) is 0 Å². The SMILES string of the molecule is CC(C)(C)n1ncc(-c2nc(CC(=O)NCC3CCOCC3)cs2)c1/C=C/C1CC1. The van der Waals surface area contributed by atoms with Crippen LogP contribution in [0, 0.1) is 11.8 Å². The second-order valence-electron chi connectivity index (χ2n) is 9.40. The topological polar surface area (TPSA) is 69.0 Å². The van der Waals surface area contributed by atoms with Crippen LogP contribution >= 0.6 is 11.3 Å². The number of aromatic nitrogens is 3. The fourth-order valence-corrected chi connectivity index (χ4v) is 4.52. The van der Waals surface area contributed by atoms with E-state index in [1.54, 1.807) is 11.3 Å². The number of carbonyl (C=O) groups excluding carboxylic acids is 1. The van der Waals surface area contributed by atoms with Crippen LogP contribution in [-0.4, -0.2) is 40.4 Å². The lowest BCUT2D eigenvalue weighted by atomic mass is 10.0. The largest absolute Gasteiger partial charge is 0.381 e. The zero-order chi connectivity index (χ0) is 21.1. The summed E-state index contributed by atoms with van der Waals surface area (Å²) >= 11 is 1.58. The molecule has 0 atom stereocenters. The van der Waals surface area contributed by atoms with Crippen LogP contribution in [0.3, 0.4) is 0 Å². The van der Waals surface area contributed by atoms with Crippen LogP contribution in [0.25, 0.3) is 16.6 Å². The Balaban J connectivity index is 1.44. The molecule has 1 saturated carbocycles. The van der Waals surface area contributed by atoms with Crippen molar-refractivity contribution >= 4 is 23.3 Å². The van der Waals surface area contributed by atoms with E-state index in [2.05, 4.69) is 48.0 Å². The maximum absolute atomic E-state index is 12.4. The first-order chi connectivity index (χ1) is 14.4. The Morgan fingerprint density at radius 2 is 2.07 bits per heavy atom. The fraction of sp³-hybridized carbons (Fsp3) is 0.609. The van der Waals surface area contributed by atoms with Gasteiger partial charge in [0.2, 0.25) is 5.91 Å². The van der Waals surface area contributed by atoms with Gasteiger partial charge in [-0.05, 0) is 64.4 Å². The Morgan fingerprint density at radius 3 is 2.77 bits per heavy atom. The summed E-state index contributed by atoms with van der Waals surface area (Å²) in [5, 5.41) is 10.6. The molecule has 2 aromatic heterocycles. The zero-order valence-corrected chi connectivity index (χ0v) is 19.0. The Morgan fingerprint density at radius 1 is 1.30 bits per heavy atom. The molecule has 0 radical (unpaired) electrons. The molecule has 0 aromatic carbocycles. The van der Waals surface area contributed by atoms with Crippen molar-refractivity contribution in [3.63, 3.8) is 0 Å². The smallest absolute Gasteiger partial charge is 0.226 e. The lowest BCUT2D eigenvalue weighted by molar-refractivity contribution is -0.120. The molecule has 30 heavy (non-hydrogen) atoms. The first-order valence-electron chi connectivity index (χ1n) is 11.0. The highest BCUT2D eigenvalue weighted by molar-refractivity contribution is 7.13. The number of hydrogen-bond donors (Lipinski definition) is 1. The number of nitrogens with zero attached hydrogens (tertiary/aromatic N) is 3. The average Bonchev–Trinajstić information content (AvgIpc) is 3.25. The fourth-order valence-electron chi connectivity index (χ4n) is 3.68. The molecule has 0 bridgehead atoms.